The largest absolute Gasteiger partial charge is 0.497 e. The van der Waals surface area contributed by atoms with E-state index in [4.69, 9.17) is 4.74 Å². The molecule has 0 aliphatic rings. The molecular weight excluding hydrogens is 314 g/mol. The number of carbonyl (C=O) groups is 1. The molecule has 0 fully saturated rings. The molecule has 0 bridgehead atoms. The number of pyridine rings is 2. The van der Waals surface area contributed by atoms with Crippen LogP contribution in [0.2, 0.25) is 0 Å². The fourth-order valence-electron chi connectivity index (χ4n) is 2.89. The lowest BCUT2D eigenvalue weighted by molar-refractivity contribution is 0.0785. The molecular formula is C20H21N3O2. The minimum Gasteiger partial charge on any atom is -0.497 e. The predicted molar refractivity (Wildman–Crippen MR) is 97.8 cm³/mol. The highest BCUT2D eigenvalue weighted by atomic mass is 16.5. The third kappa shape index (κ3) is 3.45. The first-order valence-corrected chi connectivity index (χ1v) is 8.11. The Labute approximate surface area is 147 Å². The van der Waals surface area contributed by atoms with Crippen molar-refractivity contribution < 1.29 is 9.53 Å². The quantitative estimate of drug-likeness (QED) is 0.732. The number of aromatic nitrogens is 2. The summed E-state index contributed by atoms with van der Waals surface area (Å²) < 4.78 is 5.22. The van der Waals surface area contributed by atoms with Gasteiger partial charge in [0.1, 0.15) is 5.75 Å². The molecule has 0 aliphatic heterocycles. The van der Waals surface area contributed by atoms with E-state index >= 15 is 0 Å². The first-order valence-electron chi connectivity index (χ1n) is 8.11. The summed E-state index contributed by atoms with van der Waals surface area (Å²) in [6, 6.07) is 11.4. The SMILES string of the molecule is COc1ccnc(CN(C)C(=O)c2cc(C)nc3c(C)cccc23)c1. The van der Waals surface area contributed by atoms with E-state index in [2.05, 4.69) is 9.97 Å². The molecule has 0 unspecified atom stereocenters. The zero-order valence-electron chi connectivity index (χ0n) is 14.9. The Kier molecular flexibility index (Phi) is 4.65. The molecule has 1 amide bonds. The van der Waals surface area contributed by atoms with Crippen molar-refractivity contribution in [3.63, 3.8) is 0 Å². The Hall–Kier alpha value is -2.95. The van der Waals surface area contributed by atoms with Crippen LogP contribution in [0.1, 0.15) is 27.3 Å². The number of ether oxygens (including phenoxy) is 1. The summed E-state index contributed by atoms with van der Waals surface area (Å²) in [6.07, 6.45) is 1.68. The molecule has 3 aromatic rings. The van der Waals surface area contributed by atoms with E-state index in [1.807, 2.05) is 44.2 Å². The van der Waals surface area contributed by atoms with Gasteiger partial charge in [0.25, 0.3) is 5.91 Å². The van der Waals surface area contributed by atoms with Crippen LogP contribution in [-0.2, 0) is 6.54 Å². The fourth-order valence-corrected chi connectivity index (χ4v) is 2.89. The van der Waals surface area contributed by atoms with Gasteiger partial charge in [-0.1, -0.05) is 18.2 Å². The second kappa shape index (κ2) is 6.89. The van der Waals surface area contributed by atoms with Gasteiger partial charge in [-0.2, -0.15) is 0 Å². The lowest BCUT2D eigenvalue weighted by atomic mass is 10.0. The fraction of sp³-hybridized carbons (Fsp3) is 0.250. The molecule has 3 rings (SSSR count). The van der Waals surface area contributed by atoms with Crippen molar-refractivity contribution in [1.29, 1.82) is 0 Å². The number of hydrogen-bond donors (Lipinski definition) is 0. The van der Waals surface area contributed by atoms with Gasteiger partial charge in [0.15, 0.2) is 0 Å². The van der Waals surface area contributed by atoms with Crippen molar-refractivity contribution in [2.45, 2.75) is 20.4 Å². The summed E-state index contributed by atoms with van der Waals surface area (Å²) in [5, 5.41) is 0.876. The number of carbonyl (C=O) groups excluding carboxylic acids is 1. The minimum atomic E-state index is -0.0503. The molecule has 25 heavy (non-hydrogen) atoms. The summed E-state index contributed by atoms with van der Waals surface area (Å²) >= 11 is 0. The predicted octanol–water partition coefficient (Wildman–Crippen LogP) is 3.53. The van der Waals surface area contributed by atoms with Gasteiger partial charge in [-0.05, 0) is 31.5 Å². The number of rotatable bonds is 4. The highest BCUT2D eigenvalue weighted by Gasteiger charge is 2.17. The Bertz CT molecular complexity index is 937. The number of para-hydroxylation sites is 1. The molecule has 0 radical (unpaired) electrons. The van der Waals surface area contributed by atoms with E-state index in [0.29, 0.717) is 12.1 Å². The molecule has 0 aliphatic carbocycles. The van der Waals surface area contributed by atoms with Crippen LogP contribution in [0.4, 0.5) is 0 Å². The third-order valence-corrected chi connectivity index (χ3v) is 4.17. The number of nitrogens with zero attached hydrogens (tertiary/aromatic N) is 3. The Morgan fingerprint density at radius 1 is 1.20 bits per heavy atom. The van der Waals surface area contributed by atoms with Crippen molar-refractivity contribution in [3.8, 4) is 5.75 Å². The molecule has 0 saturated carbocycles. The zero-order chi connectivity index (χ0) is 18.0. The molecule has 2 heterocycles. The molecule has 5 heteroatoms. The van der Waals surface area contributed by atoms with E-state index < -0.39 is 0 Å². The Morgan fingerprint density at radius 2 is 2.00 bits per heavy atom. The number of hydrogen-bond acceptors (Lipinski definition) is 4. The third-order valence-electron chi connectivity index (χ3n) is 4.17. The average Bonchev–Trinajstić information content (AvgIpc) is 2.61. The Morgan fingerprint density at radius 3 is 2.76 bits per heavy atom. The van der Waals surface area contributed by atoms with Crippen LogP contribution < -0.4 is 4.74 Å². The molecule has 0 N–H and O–H groups in total. The van der Waals surface area contributed by atoms with Crippen LogP contribution in [-0.4, -0.2) is 34.9 Å². The van der Waals surface area contributed by atoms with Gasteiger partial charge < -0.3 is 9.64 Å². The van der Waals surface area contributed by atoms with Gasteiger partial charge in [-0.3, -0.25) is 14.8 Å². The average molecular weight is 335 g/mol. The van der Waals surface area contributed by atoms with Crippen molar-refractivity contribution in [2.24, 2.45) is 0 Å². The lowest BCUT2D eigenvalue weighted by Gasteiger charge is -2.19. The standard InChI is InChI=1S/C20H21N3O2/c1-13-6-5-7-17-18(10-14(2)22-19(13)17)20(24)23(3)12-15-11-16(25-4)8-9-21-15/h5-11H,12H2,1-4H3. The van der Waals surface area contributed by atoms with E-state index in [-0.39, 0.29) is 5.91 Å². The van der Waals surface area contributed by atoms with Crippen molar-refractivity contribution in [2.75, 3.05) is 14.2 Å². The second-order valence-corrected chi connectivity index (χ2v) is 6.13. The summed E-state index contributed by atoms with van der Waals surface area (Å²) in [6.45, 7) is 4.32. The molecule has 1 aromatic carbocycles. The first-order chi connectivity index (χ1) is 12.0. The number of methoxy groups -OCH3 is 1. The molecule has 0 atom stereocenters. The Balaban J connectivity index is 1.94. The zero-order valence-corrected chi connectivity index (χ0v) is 14.9. The van der Waals surface area contributed by atoms with Crippen LogP contribution in [0.25, 0.3) is 10.9 Å². The topological polar surface area (TPSA) is 55.3 Å². The van der Waals surface area contributed by atoms with Crippen molar-refractivity contribution >= 4 is 16.8 Å². The molecule has 0 spiro atoms. The maximum Gasteiger partial charge on any atom is 0.254 e. The molecule has 5 nitrogen and oxygen atoms in total. The van der Waals surface area contributed by atoms with E-state index in [9.17, 15) is 4.79 Å². The number of aryl methyl sites for hydroxylation is 2. The summed E-state index contributed by atoms with van der Waals surface area (Å²) in [5.41, 5.74) is 4.21. The van der Waals surface area contributed by atoms with Crippen LogP contribution in [0.3, 0.4) is 0 Å². The molecule has 128 valence electrons. The van der Waals surface area contributed by atoms with Gasteiger partial charge >= 0.3 is 0 Å². The number of benzene rings is 1. The van der Waals surface area contributed by atoms with Crippen LogP contribution in [0.5, 0.6) is 5.75 Å². The maximum atomic E-state index is 13.0. The van der Waals surface area contributed by atoms with Crippen molar-refractivity contribution in [1.82, 2.24) is 14.9 Å². The van der Waals surface area contributed by atoms with Crippen LogP contribution >= 0.6 is 0 Å². The summed E-state index contributed by atoms with van der Waals surface area (Å²) in [7, 11) is 3.39. The van der Waals surface area contributed by atoms with Gasteiger partial charge in [0.05, 0.1) is 30.4 Å². The molecule has 2 aromatic heterocycles. The smallest absolute Gasteiger partial charge is 0.254 e. The van der Waals surface area contributed by atoms with E-state index in [1.54, 1.807) is 31.3 Å². The normalized spacial score (nSPS) is 10.7. The van der Waals surface area contributed by atoms with Gasteiger partial charge in [-0.25, -0.2) is 0 Å². The monoisotopic (exact) mass is 335 g/mol. The minimum absolute atomic E-state index is 0.0503. The highest BCUT2D eigenvalue weighted by molar-refractivity contribution is 6.06. The second-order valence-electron chi connectivity index (χ2n) is 6.13. The van der Waals surface area contributed by atoms with Crippen molar-refractivity contribution in [3.05, 3.63) is 65.1 Å². The lowest BCUT2D eigenvalue weighted by Crippen LogP contribution is -2.27. The summed E-state index contributed by atoms with van der Waals surface area (Å²) in [5.74, 6) is 0.678. The van der Waals surface area contributed by atoms with E-state index in [0.717, 1.165) is 33.6 Å². The van der Waals surface area contributed by atoms with Gasteiger partial charge in [0, 0.05) is 30.4 Å². The first kappa shape index (κ1) is 16.9. The van der Waals surface area contributed by atoms with E-state index in [1.165, 1.54) is 0 Å². The highest BCUT2D eigenvalue weighted by Crippen LogP contribution is 2.23. The van der Waals surface area contributed by atoms with Gasteiger partial charge in [0.2, 0.25) is 0 Å². The number of fused-ring (bicyclic) bond motifs is 1. The van der Waals surface area contributed by atoms with Gasteiger partial charge in [-0.15, -0.1) is 0 Å². The van der Waals surface area contributed by atoms with Crippen LogP contribution in [0, 0.1) is 13.8 Å². The van der Waals surface area contributed by atoms with Crippen LogP contribution in [0.15, 0.2) is 42.6 Å². The maximum absolute atomic E-state index is 13.0. The molecule has 0 saturated heterocycles. The summed E-state index contributed by atoms with van der Waals surface area (Å²) in [4.78, 5) is 23.6. The number of amides is 1.